The lowest BCUT2D eigenvalue weighted by Crippen LogP contribution is -2.36. The molecule has 0 radical (unpaired) electrons. The number of pyridine rings is 1. The van der Waals surface area contributed by atoms with Gasteiger partial charge in [0.1, 0.15) is 0 Å². The van der Waals surface area contributed by atoms with Crippen molar-refractivity contribution in [2.45, 2.75) is 0 Å². The summed E-state index contributed by atoms with van der Waals surface area (Å²) < 4.78 is 1.59. The summed E-state index contributed by atoms with van der Waals surface area (Å²) in [4.78, 5) is 43.4. The summed E-state index contributed by atoms with van der Waals surface area (Å²) in [6.45, 7) is 0. The molecule has 0 bridgehead atoms. The molecule has 0 unspecified atom stereocenters. The van der Waals surface area contributed by atoms with Crippen LogP contribution in [0.4, 0.5) is 11.4 Å². The number of carbonyl (C=O) groups excluding carboxylic acids is 2. The van der Waals surface area contributed by atoms with Gasteiger partial charge in [-0.1, -0.05) is 133 Å². The molecule has 1 aromatic heterocycles. The highest BCUT2D eigenvalue weighted by Crippen LogP contribution is 2.41. The van der Waals surface area contributed by atoms with E-state index in [2.05, 4.69) is 0 Å². The highest BCUT2D eigenvalue weighted by molar-refractivity contribution is 6.38. The van der Waals surface area contributed by atoms with E-state index in [0.717, 1.165) is 21.5 Å². The Kier molecular flexibility index (Phi) is 7.31. The number of aromatic nitrogens is 1. The predicted molar refractivity (Wildman–Crippen MR) is 195 cm³/mol. The number of fused-ring (bicyclic) bond motifs is 6. The maximum atomic E-state index is 14.0. The van der Waals surface area contributed by atoms with Crippen LogP contribution in [0.5, 0.6) is 5.75 Å². The van der Waals surface area contributed by atoms with Crippen LogP contribution in [-0.4, -0.2) is 16.3 Å². The molecule has 6 heteroatoms. The third-order valence-electron chi connectivity index (χ3n) is 8.87. The van der Waals surface area contributed by atoms with Crippen molar-refractivity contribution in [3.8, 4) is 11.4 Å². The molecule has 8 rings (SSSR count). The number of nitrogens with zero attached hydrogens (tertiary/aromatic N) is 2. The highest BCUT2D eigenvalue weighted by atomic mass is 16.3. The van der Waals surface area contributed by atoms with Crippen LogP contribution in [0.25, 0.3) is 44.2 Å². The maximum Gasteiger partial charge on any atom is 0.266 e. The zero-order chi connectivity index (χ0) is 33.5. The SMILES string of the molecule is O=C1/C(=C/C=CC=Cc2c([O-])c3ccc4ccccc4c3n(-c3ccccc3)c2=O)C(=O)N(c2ccccc2)c2c1ccc1ccccc21. The van der Waals surface area contributed by atoms with Gasteiger partial charge < -0.3 is 5.11 Å². The van der Waals surface area contributed by atoms with E-state index in [4.69, 9.17) is 0 Å². The number of Topliss-reactive ketones (excluding diaryl/α,β-unsaturated/α-hetero) is 1. The smallest absolute Gasteiger partial charge is 0.266 e. The third kappa shape index (κ3) is 4.94. The molecular formula is C43H27N2O4-. The first kappa shape index (κ1) is 29.6. The lowest BCUT2D eigenvalue weighted by atomic mass is 9.91. The van der Waals surface area contributed by atoms with E-state index in [1.807, 2.05) is 121 Å². The quantitative estimate of drug-likeness (QED) is 0.0823. The monoisotopic (exact) mass is 635 g/mol. The predicted octanol–water partition coefficient (Wildman–Crippen LogP) is 8.43. The Morgan fingerprint density at radius 1 is 0.551 bits per heavy atom. The molecule has 1 amide bonds. The lowest BCUT2D eigenvalue weighted by molar-refractivity contribution is -0.266. The summed E-state index contributed by atoms with van der Waals surface area (Å²) in [5.41, 5.74) is 2.41. The Labute approximate surface area is 281 Å². The summed E-state index contributed by atoms with van der Waals surface area (Å²) in [6, 6.07) is 41.1. The van der Waals surface area contributed by atoms with Crippen molar-refractivity contribution in [3.63, 3.8) is 0 Å². The summed E-state index contributed by atoms with van der Waals surface area (Å²) in [5.74, 6) is -1.19. The van der Waals surface area contributed by atoms with Gasteiger partial charge in [0.25, 0.3) is 11.5 Å². The minimum atomic E-state index is -0.442. The normalized spacial score (nSPS) is 14.2. The molecule has 2 heterocycles. The van der Waals surface area contributed by atoms with Gasteiger partial charge in [0.15, 0.2) is 0 Å². The molecule has 1 aliphatic heterocycles. The Hall–Kier alpha value is -6.79. The van der Waals surface area contributed by atoms with Crippen LogP contribution in [0.2, 0.25) is 0 Å². The lowest BCUT2D eigenvalue weighted by Gasteiger charge is -2.31. The van der Waals surface area contributed by atoms with Gasteiger partial charge in [-0.05, 0) is 52.6 Å². The molecule has 0 atom stereocenters. The Morgan fingerprint density at radius 2 is 1.16 bits per heavy atom. The Balaban J connectivity index is 1.20. The molecule has 7 aromatic rings. The first-order valence-electron chi connectivity index (χ1n) is 15.9. The van der Waals surface area contributed by atoms with Gasteiger partial charge in [0, 0.05) is 33.3 Å². The van der Waals surface area contributed by atoms with Crippen molar-refractivity contribution >= 4 is 61.6 Å². The van der Waals surface area contributed by atoms with Crippen LogP contribution in [0.3, 0.4) is 0 Å². The van der Waals surface area contributed by atoms with Crippen molar-refractivity contribution < 1.29 is 14.7 Å². The summed E-state index contributed by atoms with van der Waals surface area (Å²) in [5, 5.41) is 17.6. The molecule has 6 aromatic carbocycles. The van der Waals surface area contributed by atoms with E-state index in [1.165, 1.54) is 12.2 Å². The number of allylic oxidation sites excluding steroid dienone is 4. The third-order valence-corrected chi connectivity index (χ3v) is 8.87. The molecule has 0 saturated carbocycles. The van der Waals surface area contributed by atoms with Crippen LogP contribution in [0.15, 0.2) is 168 Å². The number of benzene rings is 6. The minimum Gasteiger partial charge on any atom is -0.871 e. The van der Waals surface area contributed by atoms with Crippen molar-refractivity contribution in [2.24, 2.45) is 0 Å². The van der Waals surface area contributed by atoms with Crippen LogP contribution < -0.4 is 15.6 Å². The Morgan fingerprint density at radius 3 is 1.90 bits per heavy atom. The van der Waals surface area contributed by atoms with E-state index < -0.39 is 11.5 Å². The molecule has 49 heavy (non-hydrogen) atoms. The molecular weight excluding hydrogens is 608 g/mol. The van der Waals surface area contributed by atoms with E-state index in [9.17, 15) is 19.5 Å². The number of rotatable bonds is 5. The number of carbonyl (C=O) groups is 2. The fourth-order valence-electron chi connectivity index (χ4n) is 6.60. The number of para-hydroxylation sites is 2. The molecule has 1 aliphatic rings. The van der Waals surface area contributed by atoms with Crippen molar-refractivity contribution in [3.05, 3.63) is 185 Å². The fraction of sp³-hybridized carbons (Fsp3) is 0. The average Bonchev–Trinajstić information content (AvgIpc) is 3.14. The zero-order valence-electron chi connectivity index (χ0n) is 26.1. The number of ketones is 1. The molecule has 0 N–H and O–H groups in total. The number of amides is 1. The first-order valence-corrected chi connectivity index (χ1v) is 15.9. The van der Waals surface area contributed by atoms with Crippen LogP contribution in [0.1, 0.15) is 15.9 Å². The summed E-state index contributed by atoms with van der Waals surface area (Å²) >= 11 is 0. The van der Waals surface area contributed by atoms with Gasteiger partial charge in [0.05, 0.1) is 16.8 Å². The van der Waals surface area contributed by atoms with Crippen molar-refractivity contribution in [1.82, 2.24) is 4.57 Å². The number of hydrogen-bond acceptors (Lipinski definition) is 4. The second kappa shape index (κ2) is 12.1. The first-order chi connectivity index (χ1) is 24.0. The second-order valence-corrected chi connectivity index (χ2v) is 11.7. The van der Waals surface area contributed by atoms with E-state index in [0.29, 0.717) is 33.5 Å². The highest BCUT2D eigenvalue weighted by Gasteiger charge is 2.36. The second-order valence-electron chi connectivity index (χ2n) is 11.7. The zero-order valence-corrected chi connectivity index (χ0v) is 26.1. The maximum absolute atomic E-state index is 14.0. The van der Waals surface area contributed by atoms with E-state index >= 15 is 0 Å². The van der Waals surface area contributed by atoms with E-state index in [-0.39, 0.29) is 22.7 Å². The number of hydrogen-bond donors (Lipinski definition) is 0. The van der Waals surface area contributed by atoms with Crippen LogP contribution in [0, 0.1) is 0 Å². The molecule has 234 valence electrons. The standard InChI is InChI=1S/C43H28N2O4/c46-40-34-26-24-28-14-10-12-20-32(28)38(34)44(30-16-4-1-5-17-30)42(48)36(40)22-8-3-9-23-37-41(47)35-27-25-29-15-11-13-21-33(29)39(35)45(43(37)49)31-18-6-2-7-19-31/h1-27,46H/p-1/b9-3?,22-8?,37-23-. The minimum absolute atomic E-state index is 0.00446. The van der Waals surface area contributed by atoms with Crippen LogP contribution in [-0.2, 0) is 4.79 Å². The summed E-state index contributed by atoms with van der Waals surface area (Å²) in [6.07, 6.45) is 7.72. The van der Waals surface area contributed by atoms with Gasteiger partial charge in [-0.25, -0.2) is 0 Å². The van der Waals surface area contributed by atoms with Gasteiger partial charge in [-0.3, -0.25) is 23.9 Å². The van der Waals surface area contributed by atoms with Crippen molar-refractivity contribution in [2.75, 3.05) is 4.90 Å². The van der Waals surface area contributed by atoms with Gasteiger partial charge in [-0.15, -0.1) is 0 Å². The Bertz CT molecular complexity index is 2620. The largest absolute Gasteiger partial charge is 0.871 e. The van der Waals surface area contributed by atoms with Gasteiger partial charge in [0.2, 0.25) is 5.78 Å². The molecule has 0 spiro atoms. The molecule has 6 nitrogen and oxygen atoms in total. The topological polar surface area (TPSA) is 82.4 Å². The fourth-order valence-corrected chi connectivity index (χ4v) is 6.60. The number of anilines is 2. The molecule has 0 aliphatic carbocycles. The molecule has 0 fully saturated rings. The van der Waals surface area contributed by atoms with E-state index in [1.54, 1.807) is 39.8 Å². The molecule has 0 saturated heterocycles. The van der Waals surface area contributed by atoms with Crippen LogP contribution >= 0.6 is 0 Å². The summed E-state index contributed by atoms with van der Waals surface area (Å²) in [7, 11) is 0. The van der Waals surface area contributed by atoms with Gasteiger partial charge >= 0.3 is 0 Å². The van der Waals surface area contributed by atoms with Gasteiger partial charge in [-0.2, -0.15) is 0 Å². The van der Waals surface area contributed by atoms with Crippen molar-refractivity contribution in [1.29, 1.82) is 0 Å². The average molecular weight is 636 g/mol.